The Balaban J connectivity index is 2.42. The van der Waals surface area contributed by atoms with Crippen LogP contribution in [0.2, 0.25) is 0 Å². The Bertz CT molecular complexity index is 1040. The minimum Gasteiger partial charge on any atom is -0.308 e. The number of hydrogen-bond donors (Lipinski definition) is 0. The summed E-state index contributed by atoms with van der Waals surface area (Å²) in [6.07, 6.45) is 0. The van der Waals surface area contributed by atoms with Gasteiger partial charge in [-0.3, -0.25) is 4.79 Å². The highest BCUT2D eigenvalue weighted by Gasteiger charge is 2.11. The summed E-state index contributed by atoms with van der Waals surface area (Å²) in [5.41, 5.74) is 5.06. The standard InChI is InChI=1S/C17H14N2O/c1-11-7-8-13-12(9-11)10-16-17(20)18(2)14-5-3-4-6-15(14)19(13)16/h3-10H,1-2H3. The van der Waals surface area contributed by atoms with Crippen molar-refractivity contribution in [1.82, 2.24) is 8.97 Å². The highest BCUT2D eigenvalue weighted by Crippen LogP contribution is 2.24. The summed E-state index contributed by atoms with van der Waals surface area (Å²) in [6, 6.07) is 16.3. The highest BCUT2D eigenvalue weighted by atomic mass is 16.1. The number of aromatic nitrogens is 2. The average Bonchev–Trinajstić information content (AvgIpc) is 2.83. The van der Waals surface area contributed by atoms with Crippen molar-refractivity contribution in [2.75, 3.05) is 0 Å². The van der Waals surface area contributed by atoms with Crippen molar-refractivity contribution >= 4 is 27.5 Å². The van der Waals surface area contributed by atoms with Crippen molar-refractivity contribution in [2.45, 2.75) is 6.92 Å². The van der Waals surface area contributed by atoms with Crippen molar-refractivity contribution in [1.29, 1.82) is 0 Å². The molecule has 2 heterocycles. The second kappa shape index (κ2) is 3.73. The van der Waals surface area contributed by atoms with E-state index in [1.54, 1.807) is 4.57 Å². The van der Waals surface area contributed by atoms with E-state index in [-0.39, 0.29) is 5.56 Å². The molecule has 0 N–H and O–H groups in total. The van der Waals surface area contributed by atoms with Gasteiger partial charge in [0.1, 0.15) is 5.52 Å². The molecule has 20 heavy (non-hydrogen) atoms. The molecule has 0 bridgehead atoms. The zero-order chi connectivity index (χ0) is 13.9. The lowest BCUT2D eigenvalue weighted by atomic mass is 10.2. The Kier molecular flexibility index (Phi) is 2.11. The SMILES string of the molecule is Cc1ccc2c(c1)cc1c(=O)n(C)c3ccccc3n12. The van der Waals surface area contributed by atoms with E-state index in [0.717, 1.165) is 27.5 Å². The molecule has 2 aromatic heterocycles. The van der Waals surface area contributed by atoms with E-state index in [2.05, 4.69) is 35.6 Å². The van der Waals surface area contributed by atoms with E-state index in [9.17, 15) is 4.79 Å². The first kappa shape index (κ1) is 11.3. The van der Waals surface area contributed by atoms with Crippen LogP contribution >= 0.6 is 0 Å². The van der Waals surface area contributed by atoms with E-state index in [0.29, 0.717) is 0 Å². The Hall–Kier alpha value is -2.55. The minimum absolute atomic E-state index is 0.0394. The van der Waals surface area contributed by atoms with Gasteiger partial charge in [0, 0.05) is 12.4 Å². The molecule has 0 amide bonds. The van der Waals surface area contributed by atoms with Crippen molar-refractivity contribution in [3.63, 3.8) is 0 Å². The van der Waals surface area contributed by atoms with E-state index in [1.165, 1.54) is 5.56 Å². The number of fused-ring (bicyclic) bond motifs is 5. The van der Waals surface area contributed by atoms with Crippen LogP contribution in [-0.2, 0) is 7.05 Å². The summed E-state index contributed by atoms with van der Waals surface area (Å²) in [5, 5.41) is 1.11. The Labute approximate surface area is 115 Å². The van der Waals surface area contributed by atoms with Crippen LogP contribution in [0.4, 0.5) is 0 Å². The maximum Gasteiger partial charge on any atom is 0.275 e. The summed E-state index contributed by atoms with van der Waals surface area (Å²) >= 11 is 0. The molecule has 4 aromatic rings. The first-order valence-corrected chi connectivity index (χ1v) is 6.66. The van der Waals surface area contributed by atoms with Gasteiger partial charge in [-0.15, -0.1) is 0 Å². The summed E-state index contributed by atoms with van der Waals surface area (Å²) < 4.78 is 3.78. The van der Waals surface area contributed by atoms with Crippen LogP contribution in [0.3, 0.4) is 0 Å². The maximum atomic E-state index is 12.5. The lowest BCUT2D eigenvalue weighted by molar-refractivity contribution is 0.902. The molecule has 98 valence electrons. The summed E-state index contributed by atoms with van der Waals surface area (Å²) in [4.78, 5) is 12.5. The van der Waals surface area contributed by atoms with Crippen molar-refractivity contribution in [3.05, 3.63) is 64.4 Å². The van der Waals surface area contributed by atoms with Gasteiger partial charge >= 0.3 is 0 Å². The molecule has 0 aliphatic rings. The van der Waals surface area contributed by atoms with Gasteiger partial charge in [0.2, 0.25) is 0 Å². The summed E-state index contributed by atoms with van der Waals surface area (Å²) in [6.45, 7) is 2.07. The molecule has 3 nitrogen and oxygen atoms in total. The van der Waals surface area contributed by atoms with Crippen LogP contribution in [0.1, 0.15) is 5.56 Å². The second-order valence-corrected chi connectivity index (χ2v) is 5.28. The number of benzene rings is 2. The predicted molar refractivity (Wildman–Crippen MR) is 82.4 cm³/mol. The van der Waals surface area contributed by atoms with Crippen LogP contribution in [0.5, 0.6) is 0 Å². The van der Waals surface area contributed by atoms with Crippen molar-refractivity contribution in [3.8, 4) is 0 Å². The Morgan fingerprint density at radius 1 is 0.850 bits per heavy atom. The zero-order valence-corrected chi connectivity index (χ0v) is 11.4. The molecule has 0 fully saturated rings. The third-order valence-corrected chi connectivity index (χ3v) is 3.96. The molecular formula is C17H14N2O. The van der Waals surface area contributed by atoms with Gasteiger partial charge < -0.3 is 8.97 Å². The molecule has 0 aliphatic heterocycles. The zero-order valence-electron chi connectivity index (χ0n) is 11.4. The van der Waals surface area contributed by atoms with E-state index in [4.69, 9.17) is 0 Å². The van der Waals surface area contributed by atoms with Crippen LogP contribution in [-0.4, -0.2) is 8.97 Å². The first-order chi connectivity index (χ1) is 9.66. The topological polar surface area (TPSA) is 26.4 Å². The van der Waals surface area contributed by atoms with Crippen LogP contribution in [0.25, 0.3) is 27.5 Å². The molecule has 0 saturated heterocycles. The quantitative estimate of drug-likeness (QED) is 0.478. The minimum atomic E-state index is 0.0394. The van der Waals surface area contributed by atoms with Crippen LogP contribution in [0, 0.1) is 6.92 Å². The fourth-order valence-electron chi connectivity index (χ4n) is 2.97. The monoisotopic (exact) mass is 262 g/mol. The largest absolute Gasteiger partial charge is 0.308 e. The number of rotatable bonds is 0. The fraction of sp³-hybridized carbons (Fsp3) is 0.118. The van der Waals surface area contributed by atoms with Gasteiger partial charge in [-0.1, -0.05) is 23.8 Å². The number of hydrogen-bond acceptors (Lipinski definition) is 1. The lowest BCUT2D eigenvalue weighted by Crippen LogP contribution is -2.19. The molecule has 0 radical (unpaired) electrons. The molecule has 0 unspecified atom stereocenters. The fourth-order valence-corrected chi connectivity index (χ4v) is 2.97. The van der Waals surface area contributed by atoms with Gasteiger partial charge in [-0.2, -0.15) is 0 Å². The average molecular weight is 262 g/mol. The Morgan fingerprint density at radius 3 is 2.40 bits per heavy atom. The van der Waals surface area contributed by atoms with Crippen LogP contribution < -0.4 is 5.56 Å². The van der Waals surface area contributed by atoms with E-state index < -0.39 is 0 Å². The lowest BCUT2D eigenvalue weighted by Gasteiger charge is -2.08. The molecule has 0 aliphatic carbocycles. The van der Waals surface area contributed by atoms with Crippen LogP contribution in [0.15, 0.2) is 53.3 Å². The first-order valence-electron chi connectivity index (χ1n) is 6.66. The number of nitrogens with zero attached hydrogens (tertiary/aromatic N) is 2. The van der Waals surface area contributed by atoms with Crippen molar-refractivity contribution < 1.29 is 0 Å². The van der Waals surface area contributed by atoms with Gasteiger partial charge in [0.15, 0.2) is 0 Å². The third-order valence-electron chi connectivity index (χ3n) is 3.96. The summed E-state index contributed by atoms with van der Waals surface area (Å²) in [7, 11) is 1.83. The molecule has 2 aromatic carbocycles. The highest BCUT2D eigenvalue weighted by molar-refractivity contribution is 5.93. The molecule has 3 heteroatoms. The third kappa shape index (κ3) is 1.32. The molecule has 0 atom stereocenters. The normalized spacial score (nSPS) is 11.7. The van der Waals surface area contributed by atoms with Gasteiger partial charge in [0.25, 0.3) is 5.56 Å². The summed E-state index contributed by atoms with van der Waals surface area (Å²) in [5.74, 6) is 0. The molecule has 0 spiro atoms. The van der Waals surface area contributed by atoms with Crippen molar-refractivity contribution in [2.24, 2.45) is 7.05 Å². The molecular weight excluding hydrogens is 248 g/mol. The number of para-hydroxylation sites is 2. The predicted octanol–water partition coefficient (Wildman–Crippen LogP) is 3.25. The molecule has 0 saturated carbocycles. The van der Waals surface area contributed by atoms with Gasteiger partial charge in [-0.25, -0.2) is 0 Å². The second-order valence-electron chi connectivity index (χ2n) is 5.28. The molecule has 4 rings (SSSR count). The number of aryl methyl sites for hydroxylation is 2. The van der Waals surface area contributed by atoms with E-state index >= 15 is 0 Å². The maximum absolute atomic E-state index is 12.5. The van der Waals surface area contributed by atoms with Gasteiger partial charge in [-0.05, 0) is 37.3 Å². The van der Waals surface area contributed by atoms with Gasteiger partial charge in [0.05, 0.1) is 16.6 Å². The Morgan fingerprint density at radius 2 is 1.60 bits per heavy atom. The van der Waals surface area contributed by atoms with E-state index in [1.807, 2.05) is 31.3 Å². The smallest absolute Gasteiger partial charge is 0.275 e.